The third-order valence-corrected chi connectivity index (χ3v) is 6.26. The molecule has 0 saturated heterocycles. The van der Waals surface area contributed by atoms with E-state index in [9.17, 15) is 0 Å². The third-order valence-electron chi connectivity index (χ3n) is 6.26. The van der Waals surface area contributed by atoms with Gasteiger partial charge in [-0.3, -0.25) is 0 Å². The summed E-state index contributed by atoms with van der Waals surface area (Å²) in [5, 5.41) is 0. The van der Waals surface area contributed by atoms with E-state index >= 15 is 0 Å². The number of methoxy groups -OCH3 is 2. The molecule has 0 aliphatic carbocycles. The minimum absolute atomic E-state index is 0.0420. The molecule has 0 radical (unpaired) electrons. The molecule has 8 heteroatoms. The molecule has 0 aromatic heterocycles. The highest BCUT2D eigenvalue weighted by atomic mass is 16.7. The summed E-state index contributed by atoms with van der Waals surface area (Å²) < 4.78 is 46.9. The van der Waals surface area contributed by atoms with Gasteiger partial charge in [0, 0.05) is 41.5 Å². The maximum absolute atomic E-state index is 6.11. The van der Waals surface area contributed by atoms with Crippen molar-refractivity contribution in [3.8, 4) is 46.0 Å². The molecular weight excluding hydrogens is 404 g/mol. The summed E-state index contributed by atoms with van der Waals surface area (Å²) in [4.78, 5) is 0. The lowest BCUT2D eigenvalue weighted by atomic mass is 9.90. The smallest absolute Gasteiger partial charge is 0.231 e. The van der Waals surface area contributed by atoms with Crippen molar-refractivity contribution in [3.63, 3.8) is 0 Å². The minimum Gasteiger partial charge on any atom is -0.490 e. The number of hydrogen-bond donors (Lipinski definition) is 0. The minimum atomic E-state index is 0.0420. The van der Waals surface area contributed by atoms with E-state index in [0.29, 0.717) is 40.9 Å². The van der Waals surface area contributed by atoms with Gasteiger partial charge in [-0.15, -0.1) is 0 Å². The molecule has 31 heavy (non-hydrogen) atoms. The maximum atomic E-state index is 6.11. The summed E-state index contributed by atoms with van der Waals surface area (Å²) >= 11 is 0. The van der Waals surface area contributed by atoms with Gasteiger partial charge in [0.05, 0.1) is 14.2 Å². The van der Waals surface area contributed by atoms with Crippen LogP contribution in [0.3, 0.4) is 0 Å². The van der Waals surface area contributed by atoms with Gasteiger partial charge in [-0.25, -0.2) is 0 Å². The van der Waals surface area contributed by atoms with E-state index < -0.39 is 0 Å². The molecule has 0 amide bonds. The van der Waals surface area contributed by atoms with Gasteiger partial charge in [0.2, 0.25) is 36.6 Å². The van der Waals surface area contributed by atoms with Crippen molar-refractivity contribution in [2.45, 2.75) is 45.3 Å². The normalized spacial score (nSPS) is 21.4. The Hall–Kier alpha value is -3.16. The molecule has 4 aliphatic heterocycles. The Morgan fingerprint density at radius 1 is 0.645 bits per heavy atom. The predicted molar refractivity (Wildman–Crippen MR) is 109 cm³/mol. The Morgan fingerprint density at radius 3 is 1.48 bits per heavy atom. The average Bonchev–Trinajstić information content (AvgIpc) is 3.52. The molecule has 8 nitrogen and oxygen atoms in total. The molecule has 0 fully saturated rings. The van der Waals surface area contributed by atoms with Crippen LogP contribution in [-0.2, 0) is 19.3 Å². The zero-order valence-electron chi connectivity index (χ0n) is 18.0. The van der Waals surface area contributed by atoms with Crippen LogP contribution in [0.25, 0.3) is 0 Å². The van der Waals surface area contributed by atoms with Crippen LogP contribution in [-0.4, -0.2) is 40.0 Å². The highest BCUT2D eigenvalue weighted by molar-refractivity contribution is 5.73. The molecule has 2 aromatic rings. The van der Waals surface area contributed by atoms with Crippen LogP contribution in [0, 0.1) is 0 Å². The molecule has 2 atom stereocenters. The van der Waals surface area contributed by atoms with Crippen molar-refractivity contribution in [2.24, 2.45) is 0 Å². The Bertz CT molecular complexity index is 1010. The largest absolute Gasteiger partial charge is 0.490 e. The topological polar surface area (TPSA) is 73.8 Å². The molecular formula is C23H24O8. The molecule has 4 heterocycles. The number of rotatable bonds is 4. The average molecular weight is 428 g/mol. The van der Waals surface area contributed by atoms with E-state index in [0.717, 1.165) is 46.6 Å². The number of ether oxygens (including phenoxy) is 8. The van der Waals surface area contributed by atoms with E-state index in [4.69, 9.17) is 37.9 Å². The second-order valence-electron chi connectivity index (χ2n) is 8.21. The van der Waals surface area contributed by atoms with Crippen LogP contribution in [0.1, 0.15) is 36.1 Å². The lowest BCUT2D eigenvalue weighted by Crippen LogP contribution is -2.07. The summed E-state index contributed by atoms with van der Waals surface area (Å²) in [6.45, 7) is 4.39. The standard InChI is InChI=1S/C23H24O8/c1-10-5-12-14(16-22(28-8-26-16)20(24-3)18(12)30-10)7-15-13-6-11(2)31-19(13)21(25-4)23-17(15)27-9-29-23/h10-11H,5-9H2,1-4H3. The molecule has 0 bridgehead atoms. The number of benzene rings is 2. The van der Waals surface area contributed by atoms with Gasteiger partial charge >= 0.3 is 0 Å². The van der Waals surface area contributed by atoms with Gasteiger partial charge in [-0.2, -0.15) is 0 Å². The summed E-state index contributed by atoms with van der Waals surface area (Å²) in [5.74, 6) is 5.25. The molecule has 164 valence electrons. The fourth-order valence-corrected chi connectivity index (χ4v) is 5.03. The van der Waals surface area contributed by atoms with Crippen LogP contribution < -0.4 is 37.9 Å². The first-order valence-corrected chi connectivity index (χ1v) is 10.5. The Balaban J connectivity index is 1.56. The summed E-state index contributed by atoms with van der Waals surface area (Å²) in [6, 6.07) is 0. The van der Waals surface area contributed by atoms with Gasteiger partial charge in [0.15, 0.2) is 23.0 Å². The lowest BCUT2D eigenvalue weighted by Gasteiger charge is -2.18. The number of hydrogen-bond acceptors (Lipinski definition) is 8. The SMILES string of the molecule is COc1c2c(c(Cc3c4c(c(OC)c5c3OCO5)OC(C)C4)c3c1OCO3)CC(C)O2. The third kappa shape index (κ3) is 2.53. The second kappa shape index (κ2) is 6.67. The molecule has 6 rings (SSSR count). The summed E-state index contributed by atoms with van der Waals surface area (Å²) in [7, 11) is 3.24. The van der Waals surface area contributed by atoms with E-state index in [1.165, 1.54) is 0 Å². The molecule has 0 N–H and O–H groups in total. The van der Waals surface area contributed by atoms with Crippen LogP contribution in [0.4, 0.5) is 0 Å². The molecule has 4 aliphatic rings. The Morgan fingerprint density at radius 2 is 1.06 bits per heavy atom. The highest BCUT2D eigenvalue weighted by Gasteiger charge is 2.40. The monoisotopic (exact) mass is 428 g/mol. The first-order chi connectivity index (χ1) is 15.1. The van der Waals surface area contributed by atoms with Crippen molar-refractivity contribution >= 4 is 0 Å². The van der Waals surface area contributed by atoms with Gasteiger partial charge in [-0.1, -0.05) is 0 Å². The van der Waals surface area contributed by atoms with Crippen molar-refractivity contribution in [2.75, 3.05) is 27.8 Å². The first-order valence-electron chi connectivity index (χ1n) is 10.5. The molecule has 2 aromatic carbocycles. The zero-order valence-corrected chi connectivity index (χ0v) is 18.0. The quantitative estimate of drug-likeness (QED) is 0.734. The van der Waals surface area contributed by atoms with Crippen molar-refractivity contribution < 1.29 is 37.9 Å². The van der Waals surface area contributed by atoms with Crippen LogP contribution in [0.2, 0.25) is 0 Å². The van der Waals surface area contributed by atoms with Crippen LogP contribution >= 0.6 is 0 Å². The van der Waals surface area contributed by atoms with Gasteiger partial charge in [0.25, 0.3) is 0 Å². The second-order valence-corrected chi connectivity index (χ2v) is 8.21. The van der Waals surface area contributed by atoms with Gasteiger partial charge in [0.1, 0.15) is 12.2 Å². The van der Waals surface area contributed by atoms with E-state index in [1.54, 1.807) is 14.2 Å². The Labute approximate surface area is 179 Å². The van der Waals surface area contributed by atoms with Crippen molar-refractivity contribution in [1.29, 1.82) is 0 Å². The van der Waals surface area contributed by atoms with Gasteiger partial charge < -0.3 is 37.9 Å². The van der Waals surface area contributed by atoms with Crippen molar-refractivity contribution in [3.05, 3.63) is 22.3 Å². The van der Waals surface area contributed by atoms with Gasteiger partial charge in [-0.05, 0) is 13.8 Å². The summed E-state index contributed by atoms with van der Waals surface area (Å²) in [5.41, 5.74) is 4.21. The highest BCUT2D eigenvalue weighted by Crippen LogP contribution is 2.58. The zero-order chi connectivity index (χ0) is 21.3. The van der Waals surface area contributed by atoms with E-state index in [-0.39, 0.29) is 25.8 Å². The van der Waals surface area contributed by atoms with E-state index in [2.05, 4.69) is 0 Å². The van der Waals surface area contributed by atoms with E-state index in [1.807, 2.05) is 13.8 Å². The van der Waals surface area contributed by atoms with Crippen molar-refractivity contribution in [1.82, 2.24) is 0 Å². The molecule has 0 saturated carbocycles. The fourth-order valence-electron chi connectivity index (χ4n) is 5.03. The predicted octanol–water partition coefficient (Wildman–Crippen LogP) is 3.40. The van der Waals surface area contributed by atoms with Crippen LogP contribution in [0.15, 0.2) is 0 Å². The molecule has 2 unspecified atom stereocenters. The summed E-state index contributed by atoms with van der Waals surface area (Å²) in [6.07, 6.45) is 2.19. The lowest BCUT2D eigenvalue weighted by molar-refractivity contribution is 0.168. The maximum Gasteiger partial charge on any atom is 0.231 e. The fraction of sp³-hybridized carbons (Fsp3) is 0.478. The first kappa shape index (κ1) is 18.6. The van der Waals surface area contributed by atoms with Crippen LogP contribution in [0.5, 0.6) is 46.0 Å². The Kier molecular flexibility index (Phi) is 4.00. The number of fused-ring (bicyclic) bond motifs is 4. The molecule has 0 spiro atoms.